The summed E-state index contributed by atoms with van der Waals surface area (Å²) < 4.78 is 11.9. The normalized spacial score (nSPS) is 10.8. The minimum atomic E-state index is -0.103. The van der Waals surface area contributed by atoms with Gasteiger partial charge in [0.15, 0.2) is 5.13 Å². The molecule has 0 N–H and O–H groups in total. The van der Waals surface area contributed by atoms with Gasteiger partial charge in [0.05, 0.1) is 36.4 Å². The Morgan fingerprint density at radius 2 is 1.97 bits per heavy atom. The van der Waals surface area contributed by atoms with Gasteiger partial charge in [-0.2, -0.15) is 0 Å². The van der Waals surface area contributed by atoms with Gasteiger partial charge in [0.1, 0.15) is 17.0 Å². The van der Waals surface area contributed by atoms with Crippen LogP contribution in [0.25, 0.3) is 10.2 Å². The summed E-state index contributed by atoms with van der Waals surface area (Å²) in [4.78, 5) is 23.7. The predicted octanol–water partition coefficient (Wildman–Crippen LogP) is 5.36. The van der Waals surface area contributed by atoms with Crippen molar-refractivity contribution in [3.63, 3.8) is 0 Å². The number of halogens is 1. The molecule has 6 nitrogen and oxygen atoms in total. The maximum absolute atomic E-state index is 13.2. The van der Waals surface area contributed by atoms with Gasteiger partial charge in [0.25, 0.3) is 0 Å². The molecule has 4 aromatic rings. The van der Waals surface area contributed by atoms with Crippen molar-refractivity contribution in [3.05, 3.63) is 77.6 Å². The van der Waals surface area contributed by atoms with Crippen LogP contribution >= 0.6 is 22.9 Å². The first-order valence-electron chi connectivity index (χ1n) is 9.66. The van der Waals surface area contributed by atoms with Gasteiger partial charge >= 0.3 is 0 Å². The smallest absolute Gasteiger partial charge is 0.232 e. The number of thiazole rings is 1. The largest absolute Gasteiger partial charge is 0.494 e. The third-order valence-electron chi connectivity index (χ3n) is 4.59. The summed E-state index contributed by atoms with van der Waals surface area (Å²) >= 11 is 7.74. The van der Waals surface area contributed by atoms with Crippen LogP contribution in [0, 0.1) is 0 Å². The molecular formula is C23H20ClN3O3S. The summed E-state index contributed by atoms with van der Waals surface area (Å²) in [6.45, 7) is 0.610. The van der Waals surface area contributed by atoms with E-state index in [1.165, 1.54) is 11.3 Å². The number of aromatic nitrogens is 2. The first kappa shape index (κ1) is 21.1. The Kier molecular flexibility index (Phi) is 6.64. The molecule has 2 heterocycles. The number of para-hydroxylation sites is 1. The van der Waals surface area contributed by atoms with Crippen LogP contribution < -0.4 is 14.4 Å². The number of methoxy groups -OCH3 is 1. The molecule has 0 saturated carbocycles. The molecule has 0 saturated heterocycles. The van der Waals surface area contributed by atoms with Crippen LogP contribution in [-0.2, 0) is 11.3 Å². The van der Waals surface area contributed by atoms with Crippen LogP contribution in [0.3, 0.4) is 0 Å². The summed E-state index contributed by atoms with van der Waals surface area (Å²) in [5.41, 5.74) is 1.54. The molecule has 0 bridgehead atoms. The number of benzene rings is 2. The van der Waals surface area contributed by atoms with Crippen LogP contribution in [-0.4, -0.2) is 29.6 Å². The van der Waals surface area contributed by atoms with E-state index in [-0.39, 0.29) is 18.9 Å². The average Bonchev–Trinajstić information content (AvgIpc) is 3.25. The van der Waals surface area contributed by atoms with Crippen LogP contribution in [0.4, 0.5) is 5.13 Å². The molecule has 0 aliphatic rings. The maximum Gasteiger partial charge on any atom is 0.232 e. The number of carbonyl (C=O) groups excluding carboxylic acids is 1. The van der Waals surface area contributed by atoms with E-state index in [1.807, 2.05) is 42.5 Å². The lowest BCUT2D eigenvalue weighted by Gasteiger charge is -2.20. The first-order chi connectivity index (χ1) is 15.2. The molecule has 0 unspecified atom stereocenters. The molecular weight excluding hydrogens is 434 g/mol. The minimum absolute atomic E-state index is 0.103. The predicted molar refractivity (Wildman–Crippen MR) is 123 cm³/mol. The number of nitrogens with zero attached hydrogens (tertiary/aromatic N) is 3. The van der Waals surface area contributed by atoms with E-state index in [1.54, 1.807) is 36.5 Å². The molecule has 158 valence electrons. The molecule has 1 amide bonds. The molecule has 31 heavy (non-hydrogen) atoms. The number of amides is 1. The second-order valence-electron chi connectivity index (χ2n) is 6.68. The Labute approximate surface area is 189 Å². The molecule has 4 rings (SSSR count). The van der Waals surface area contributed by atoms with Crippen molar-refractivity contribution in [1.82, 2.24) is 9.97 Å². The van der Waals surface area contributed by atoms with Crippen molar-refractivity contribution in [1.29, 1.82) is 0 Å². The van der Waals surface area contributed by atoms with E-state index in [0.717, 1.165) is 16.0 Å². The number of ether oxygens (including phenoxy) is 2. The Morgan fingerprint density at radius 1 is 1.13 bits per heavy atom. The average molecular weight is 454 g/mol. The van der Waals surface area contributed by atoms with E-state index in [4.69, 9.17) is 21.1 Å². The lowest BCUT2D eigenvalue weighted by Crippen LogP contribution is -2.31. The SMILES string of the molecule is COc1ccc(Cl)c2sc(N(Cc3cccnc3)C(=O)CCOc3ccccc3)nc12. The molecule has 0 aliphatic carbocycles. The highest BCUT2D eigenvalue weighted by molar-refractivity contribution is 7.23. The van der Waals surface area contributed by atoms with Gasteiger partial charge < -0.3 is 9.47 Å². The van der Waals surface area contributed by atoms with Gasteiger partial charge in [-0.3, -0.25) is 14.7 Å². The Hall–Kier alpha value is -3.16. The van der Waals surface area contributed by atoms with Gasteiger partial charge in [0.2, 0.25) is 5.91 Å². The van der Waals surface area contributed by atoms with Crippen LogP contribution in [0.15, 0.2) is 67.0 Å². The summed E-state index contributed by atoms with van der Waals surface area (Å²) in [5.74, 6) is 1.24. The van der Waals surface area contributed by atoms with Gasteiger partial charge in [-0.25, -0.2) is 4.98 Å². The number of carbonyl (C=O) groups is 1. The Balaban J connectivity index is 1.60. The van der Waals surface area contributed by atoms with Crippen LogP contribution in [0.5, 0.6) is 11.5 Å². The fourth-order valence-electron chi connectivity index (χ4n) is 3.07. The van der Waals surface area contributed by atoms with Gasteiger partial charge in [-0.1, -0.05) is 47.2 Å². The highest BCUT2D eigenvalue weighted by Gasteiger charge is 2.22. The summed E-state index contributed by atoms with van der Waals surface area (Å²) in [6.07, 6.45) is 3.64. The van der Waals surface area contributed by atoms with E-state index >= 15 is 0 Å². The van der Waals surface area contributed by atoms with Crippen molar-refractivity contribution in [3.8, 4) is 11.5 Å². The molecule has 0 aliphatic heterocycles. The van der Waals surface area contributed by atoms with Crippen molar-refractivity contribution >= 4 is 44.2 Å². The summed E-state index contributed by atoms with van der Waals surface area (Å²) in [7, 11) is 1.58. The summed E-state index contributed by atoms with van der Waals surface area (Å²) in [5, 5.41) is 1.12. The third kappa shape index (κ3) is 4.95. The number of rotatable bonds is 8. The minimum Gasteiger partial charge on any atom is -0.494 e. The summed E-state index contributed by atoms with van der Waals surface area (Å²) in [6, 6.07) is 16.7. The van der Waals surface area contributed by atoms with E-state index in [9.17, 15) is 4.79 Å². The number of anilines is 1. The second kappa shape index (κ2) is 9.76. The molecule has 0 radical (unpaired) electrons. The van der Waals surface area contributed by atoms with Crippen molar-refractivity contribution < 1.29 is 14.3 Å². The number of hydrogen-bond donors (Lipinski definition) is 0. The maximum atomic E-state index is 13.2. The van der Waals surface area contributed by atoms with Crippen molar-refractivity contribution in [2.24, 2.45) is 0 Å². The zero-order valence-electron chi connectivity index (χ0n) is 16.8. The standard InChI is InChI=1S/C23H20ClN3O3S/c1-29-19-10-9-18(24)22-21(19)26-23(31-22)27(15-16-6-5-12-25-14-16)20(28)11-13-30-17-7-3-2-4-8-17/h2-10,12,14H,11,13,15H2,1H3. The third-order valence-corrected chi connectivity index (χ3v) is 6.13. The van der Waals surface area contributed by atoms with Crippen molar-refractivity contribution in [2.75, 3.05) is 18.6 Å². The Bertz CT molecular complexity index is 1170. The van der Waals surface area contributed by atoms with Crippen LogP contribution in [0.2, 0.25) is 5.02 Å². The fraction of sp³-hybridized carbons (Fsp3) is 0.174. The lowest BCUT2D eigenvalue weighted by atomic mass is 10.2. The topological polar surface area (TPSA) is 64.5 Å². The zero-order valence-corrected chi connectivity index (χ0v) is 18.4. The van der Waals surface area contributed by atoms with Gasteiger partial charge in [-0.05, 0) is 35.9 Å². The molecule has 0 atom stereocenters. The molecule has 8 heteroatoms. The second-order valence-corrected chi connectivity index (χ2v) is 8.06. The van der Waals surface area contributed by atoms with E-state index in [2.05, 4.69) is 9.97 Å². The molecule has 2 aromatic heterocycles. The van der Waals surface area contributed by atoms with Crippen LogP contribution in [0.1, 0.15) is 12.0 Å². The zero-order chi connectivity index (χ0) is 21.6. The molecule has 0 fully saturated rings. The lowest BCUT2D eigenvalue weighted by molar-refractivity contribution is -0.119. The first-order valence-corrected chi connectivity index (χ1v) is 10.9. The van der Waals surface area contributed by atoms with E-state index in [0.29, 0.717) is 28.0 Å². The van der Waals surface area contributed by atoms with Gasteiger partial charge in [0, 0.05) is 12.4 Å². The van der Waals surface area contributed by atoms with Crippen molar-refractivity contribution in [2.45, 2.75) is 13.0 Å². The Morgan fingerprint density at radius 3 is 2.71 bits per heavy atom. The highest BCUT2D eigenvalue weighted by Crippen LogP contribution is 2.39. The molecule has 2 aromatic carbocycles. The molecule has 0 spiro atoms. The number of fused-ring (bicyclic) bond motifs is 1. The number of hydrogen-bond acceptors (Lipinski definition) is 6. The highest BCUT2D eigenvalue weighted by atomic mass is 35.5. The number of pyridine rings is 1. The fourth-order valence-corrected chi connectivity index (χ4v) is 4.34. The van der Waals surface area contributed by atoms with E-state index < -0.39 is 0 Å². The van der Waals surface area contributed by atoms with Gasteiger partial charge in [-0.15, -0.1) is 0 Å². The monoisotopic (exact) mass is 453 g/mol. The quantitative estimate of drug-likeness (QED) is 0.359.